The predicted octanol–water partition coefficient (Wildman–Crippen LogP) is 3.84. The van der Waals surface area contributed by atoms with E-state index in [1.54, 1.807) is 14.0 Å². The molecule has 9 heteroatoms. The van der Waals surface area contributed by atoms with Crippen molar-refractivity contribution in [2.45, 2.75) is 72.0 Å². The number of carbonyl (C=O) groups is 3. The van der Waals surface area contributed by atoms with E-state index in [-0.39, 0.29) is 30.2 Å². The molecule has 0 saturated carbocycles. The zero-order valence-corrected chi connectivity index (χ0v) is 23.6. The van der Waals surface area contributed by atoms with Crippen LogP contribution in [0.25, 0.3) is 0 Å². The highest BCUT2D eigenvalue weighted by molar-refractivity contribution is 5.95. The Morgan fingerprint density at radius 3 is 2.35 bits per heavy atom. The first-order valence-corrected chi connectivity index (χ1v) is 13.2. The van der Waals surface area contributed by atoms with E-state index in [0.29, 0.717) is 43.4 Å². The Morgan fingerprint density at radius 1 is 1.16 bits per heavy atom. The number of piperazine rings is 1. The summed E-state index contributed by atoms with van der Waals surface area (Å²) in [5.74, 6) is -0.0542. The summed E-state index contributed by atoms with van der Waals surface area (Å²) in [4.78, 5) is 44.6. The third kappa shape index (κ3) is 6.83. The van der Waals surface area contributed by atoms with Crippen LogP contribution in [0.15, 0.2) is 35.5 Å². The maximum Gasteiger partial charge on any atom is 0.338 e. The zero-order chi connectivity index (χ0) is 27.5. The molecule has 1 fully saturated rings. The molecule has 1 saturated heterocycles. The molecule has 1 aromatic carbocycles. The fourth-order valence-electron chi connectivity index (χ4n) is 4.80. The van der Waals surface area contributed by atoms with E-state index in [4.69, 9.17) is 4.74 Å². The van der Waals surface area contributed by atoms with Gasteiger partial charge in [0.25, 0.3) is 0 Å². The first-order chi connectivity index (χ1) is 17.3. The minimum Gasteiger partial charge on any atom is -0.463 e. The average molecular weight is 514 g/mol. The van der Waals surface area contributed by atoms with Crippen molar-refractivity contribution in [3.05, 3.63) is 46.7 Å². The predicted molar refractivity (Wildman–Crippen MR) is 144 cm³/mol. The summed E-state index contributed by atoms with van der Waals surface area (Å²) >= 11 is 0. The molecule has 3 rings (SSSR count). The normalized spacial score (nSPS) is 21.3. The van der Waals surface area contributed by atoms with Crippen LogP contribution in [0, 0.1) is 0 Å². The fourth-order valence-corrected chi connectivity index (χ4v) is 4.80. The van der Waals surface area contributed by atoms with Crippen molar-refractivity contribution in [2.24, 2.45) is 0 Å². The molecular weight excluding hydrogens is 470 g/mol. The van der Waals surface area contributed by atoms with Gasteiger partial charge in [0, 0.05) is 50.5 Å². The second-order valence-electron chi connectivity index (χ2n) is 11.3. The first-order valence-electron chi connectivity index (χ1n) is 13.2. The van der Waals surface area contributed by atoms with E-state index >= 15 is 0 Å². The molecule has 37 heavy (non-hydrogen) atoms. The summed E-state index contributed by atoms with van der Waals surface area (Å²) in [5.41, 5.74) is 2.78. The van der Waals surface area contributed by atoms with Crippen molar-refractivity contribution in [3.8, 4) is 0 Å². The van der Waals surface area contributed by atoms with Crippen molar-refractivity contribution >= 4 is 18.0 Å². The van der Waals surface area contributed by atoms with Gasteiger partial charge in [-0.25, -0.2) is 14.4 Å². The van der Waals surface area contributed by atoms with E-state index in [2.05, 4.69) is 29.4 Å². The van der Waals surface area contributed by atoms with E-state index in [0.717, 1.165) is 5.56 Å². The number of nitrogens with one attached hydrogen (secondary N) is 2. The Labute approximate surface area is 221 Å². The van der Waals surface area contributed by atoms with Crippen LogP contribution in [-0.2, 0) is 9.53 Å². The molecule has 204 valence electrons. The van der Waals surface area contributed by atoms with E-state index in [9.17, 15) is 14.4 Å². The summed E-state index contributed by atoms with van der Waals surface area (Å²) in [7, 11) is 1.68. The lowest BCUT2D eigenvalue weighted by Crippen LogP contribution is -2.59. The summed E-state index contributed by atoms with van der Waals surface area (Å²) in [6, 6.07) is 7.05. The van der Waals surface area contributed by atoms with Crippen molar-refractivity contribution in [1.29, 1.82) is 0 Å². The topological polar surface area (TPSA) is 94.2 Å². The molecule has 0 aromatic heterocycles. The van der Waals surface area contributed by atoms with Crippen LogP contribution in [0.3, 0.4) is 0 Å². The molecule has 2 heterocycles. The Bertz CT molecular complexity index is 1030. The Hall–Kier alpha value is -3.07. The second kappa shape index (κ2) is 11.5. The first kappa shape index (κ1) is 28.5. The van der Waals surface area contributed by atoms with Crippen LogP contribution in [0.5, 0.6) is 0 Å². The zero-order valence-electron chi connectivity index (χ0n) is 23.6. The average Bonchev–Trinajstić information content (AvgIpc) is 2.81. The van der Waals surface area contributed by atoms with Crippen molar-refractivity contribution in [1.82, 2.24) is 25.3 Å². The molecule has 2 aliphatic rings. The molecule has 9 nitrogen and oxygen atoms in total. The standard InChI is InChI=1S/C28H43N5O4/c1-9-37-25(34)23-22(17-32-14-15-33(19(4)16-32)27(36)30-28(5,6)7)31(8)26(35)29-24(23)21-12-10-20(11-13-21)18(2)3/h10-13,18-19,24H,9,14-17H2,1-8H3,(H,29,35)(H,30,36)/t19-,24+/m1/s1. The maximum atomic E-state index is 13.3. The molecule has 2 aliphatic heterocycles. The van der Waals surface area contributed by atoms with Crippen molar-refractivity contribution in [3.63, 3.8) is 0 Å². The molecule has 0 spiro atoms. The van der Waals surface area contributed by atoms with Crippen molar-refractivity contribution in [2.75, 3.05) is 39.8 Å². The van der Waals surface area contributed by atoms with Crippen LogP contribution in [0.1, 0.15) is 71.6 Å². The molecule has 0 bridgehead atoms. The quantitative estimate of drug-likeness (QED) is 0.564. The van der Waals surface area contributed by atoms with Gasteiger partial charge in [-0.05, 0) is 51.7 Å². The smallest absolute Gasteiger partial charge is 0.338 e. The van der Waals surface area contributed by atoms with Gasteiger partial charge in [-0.3, -0.25) is 9.80 Å². The minimum atomic E-state index is -0.602. The van der Waals surface area contributed by atoms with Crippen LogP contribution in [0.4, 0.5) is 9.59 Å². The lowest BCUT2D eigenvalue weighted by Gasteiger charge is -2.43. The van der Waals surface area contributed by atoms with E-state index in [1.165, 1.54) is 10.5 Å². The van der Waals surface area contributed by atoms with Gasteiger partial charge in [0.1, 0.15) is 0 Å². The van der Waals surface area contributed by atoms with Gasteiger partial charge in [0.05, 0.1) is 18.2 Å². The molecule has 0 radical (unpaired) electrons. The lowest BCUT2D eigenvalue weighted by atomic mass is 9.92. The van der Waals surface area contributed by atoms with E-state index < -0.39 is 12.0 Å². The van der Waals surface area contributed by atoms with Gasteiger partial charge < -0.3 is 20.3 Å². The monoisotopic (exact) mass is 513 g/mol. The van der Waals surface area contributed by atoms with Crippen molar-refractivity contribution < 1.29 is 19.1 Å². The lowest BCUT2D eigenvalue weighted by molar-refractivity contribution is -0.139. The third-order valence-corrected chi connectivity index (χ3v) is 6.84. The van der Waals surface area contributed by atoms with Crippen LogP contribution >= 0.6 is 0 Å². The summed E-state index contributed by atoms with van der Waals surface area (Å²) in [6.07, 6.45) is 0. The maximum absolute atomic E-state index is 13.3. The largest absolute Gasteiger partial charge is 0.463 e. The summed E-state index contributed by atoms with van der Waals surface area (Å²) in [6.45, 7) is 16.4. The fraction of sp³-hybridized carbons (Fsp3) is 0.607. The number of carbonyl (C=O) groups excluding carboxylic acids is 3. The highest BCUT2D eigenvalue weighted by Gasteiger charge is 2.38. The van der Waals surface area contributed by atoms with Crippen LogP contribution in [0.2, 0.25) is 0 Å². The molecule has 1 aromatic rings. The SMILES string of the molecule is CCOC(=O)C1=C(CN2CCN(C(=O)NC(C)(C)C)[C@H](C)C2)N(C)C(=O)N[C@H]1c1ccc(C(C)C)cc1. The van der Waals surface area contributed by atoms with Gasteiger partial charge in [-0.2, -0.15) is 0 Å². The number of rotatable bonds is 6. The number of likely N-dealkylation sites (N-methyl/N-ethyl adjacent to an activating group) is 1. The van der Waals surface area contributed by atoms with Crippen LogP contribution < -0.4 is 10.6 Å². The highest BCUT2D eigenvalue weighted by atomic mass is 16.5. The molecule has 2 N–H and O–H groups in total. The van der Waals surface area contributed by atoms with Gasteiger partial charge in [0.15, 0.2) is 0 Å². The third-order valence-electron chi connectivity index (χ3n) is 6.84. The second-order valence-corrected chi connectivity index (χ2v) is 11.3. The summed E-state index contributed by atoms with van der Waals surface area (Å²) in [5, 5.41) is 6.02. The summed E-state index contributed by atoms with van der Waals surface area (Å²) < 4.78 is 5.46. The van der Waals surface area contributed by atoms with Crippen LogP contribution in [-0.4, -0.2) is 84.1 Å². The van der Waals surface area contributed by atoms with E-state index in [1.807, 2.05) is 56.9 Å². The number of amides is 4. The molecule has 4 amide bonds. The van der Waals surface area contributed by atoms with Gasteiger partial charge in [-0.1, -0.05) is 38.1 Å². The number of hydrogen-bond acceptors (Lipinski definition) is 5. The molecule has 2 atom stereocenters. The number of esters is 1. The Balaban J connectivity index is 1.90. The van der Waals surface area contributed by atoms with Gasteiger partial charge in [-0.15, -0.1) is 0 Å². The van der Waals surface area contributed by atoms with Gasteiger partial charge >= 0.3 is 18.0 Å². The molecule has 0 aliphatic carbocycles. The number of benzene rings is 1. The highest BCUT2D eigenvalue weighted by Crippen LogP contribution is 2.32. The number of urea groups is 2. The van der Waals surface area contributed by atoms with Gasteiger partial charge in [0.2, 0.25) is 0 Å². The number of nitrogens with zero attached hydrogens (tertiary/aromatic N) is 3. The molecular formula is C28H43N5O4. The number of ether oxygens (including phenoxy) is 1. The number of hydrogen-bond donors (Lipinski definition) is 2. The Kier molecular flexibility index (Phi) is 8.89. The molecule has 0 unspecified atom stereocenters. The Morgan fingerprint density at radius 2 is 1.81 bits per heavy atom. The minimum absolute atomic E-state index is 0.0233.